The molecule has 1 N–H and O–H groups in total. The number of aromatic nitrogens is 1. The van der Waals surface area contributed by atoms with E-state index < -0.39 is 0 Å². The van der Waals surface area contributed by atoms with Gasteiger partial charge in [0, 0.05) is 17.6 Å². The van der Waals surface area contributed by atoms with E-state index in [1.165, 1.54) is 5.69 Å². The van der Waals surface area contributed by atoms with E-state index in [-0.39, 0.29) is 5.75 Å². The maximum Gasteiger partial charge on any atom is 0.210 e. The normalized spacial score (nSPS) is 12.5. The summed E-state index contributed by atoms with van der Waals surface area (Å²) in [6, 6.07) is 3.57. The molecule has 0 radical (unpaired) electrons. The van der Waals surface area contributed by atoms with Gasteiger partial charge in [0.25, 0.3) is 0 Å². The summed E-state index contributed by atoms with van der Waals surface area (Å²) in [7, 11) is 0. The molecule has 1 heterocycles. The highest BCUT2D eigenvalue weighted by molar-refractivity contribution is 9.11. The van der Waals surface area contributed by atoms with Gasteiger partial charge in [0.15, 0.2) is 0 Å². The molecule has 20 heavy (non-hydrogen) atoms. The van der Waals surface area contributed by atoms with E-state index in [0.717, 1.165) is 16.9 Å². The highest BCUT2D eigenvalue weighted by atomic mass is 79.9. The van der Waals surface area contributed by atoms with Crippen molar-refractivity contribution in [1.29, 1.82) is 0 Å². The summed E-state index contributed by atoms with van der Waals surface area (Å²) in [6.45, 7) is 5.01. The Hall–Kier alpha value is -0.920. The monoisotopic (exact) mass is 417 g/mol. The molecule has 0 bridgehead atoms. The van der Waals surface area contributed by atoms with Gasteiger partial charge < -0.3 is 9.67 Å². The van der Waals surface area contributed by atoms with Crippen molar-refractivity contribution in [2.24, 2.45) is 10.2 Å². The molecule has 1 aromatic heterocycles. The zero-order valence-corrected chi connectivity index (χ0v) is 15.0. The van der Waals surface area contributed by atoms with Crippen molar-refractivity contribution in [2.75, 3.05) is 0 Å². The van der Waals surface area contributed by atoms with E-state index in [1.807, 2.05) is 0 Å². The van der Waals surface area contributed by atoms with Crippen LogP contribution in [0, 0.1) is 6.92 Å². The first kappa shape index (κ1) is 15.5. The van der Waals surface area contributed by atoms with E-state index in [2.05, 4.69) is 65.9 Å². The average molecular weight is 419 g/mol. The Balaban J connectivity index is 2.30. The van der Waals surface area contributed by atoms with Gasteiger partial charge in [-0.25, -0.2) is 0 Å². The third kappa shape index (κ3) is 3.39. The van der Waals surface area contributed by atoms with Gasteiger partial charge in [-0.1, -0.05) is 0 Å². The highest BCUT2D eigenvalue weighted by Crippen LogP contribution is 2.32. The Kier molecular flexibility index (Phi) is 5.17. The highest BCUT2D eigenvalue weighted by Gasteiger charge is 2.04. The summed E-state index contributed by atoms with van der Waals surface area (Å²) in [5, 5.41) is 20.0. The maximum absolute atomic E-state index is 9.64. The Morgan fingerprint density at radius 2 is 2.00 bits per heavy atom. The average Bonchev–Trinajstić information content (AvgIpc) is 2.76. The first-order chi connectivity index (χ1) is 9.52. The van der Waals surface area contributed by atoms with Crippen LogP contribution in [0.1, 0.15) is 18.2 Å². The Labute approximate surface area is 137 Å². The van der Waals surface area contributed by atoms with Gasteiger partial charge in [-0.15, -0.1) is 16.4 Å². The summed E-state index contributed by atoms with van der Waals surface area (Å²) in [4.78, 5) is 0.873. The summed E-state index contributed by atoms with van der Waals surface area (Å²) in [5.41, 5.74) is 2.03. The van der Waals surface area contributed by atoms with Crippen LogP contribution in [0.5, 0.6) is 5.75 Å². The molecule has 0 aliphatic carbocycles. The van der Waals surface area contributed by atoms with Crippen molar-refractivity contribution in [3.8, 4) is 5.75 Å². The number of hydrogen-bond acceptors (Lipinski definition) is 4. The van der Waals surface area contributed by atoms with Crippen molar-refractivity contribution >= 4 is 49.4 Å². The maximum atomic E-state index is 9.64. The number of rotatable bonds is 3. The molecule has 0 fully saturated rings. The molecular formula is C13H13Br2N3OS. The molecule has 1 aromatic carbocycles. The summed E-state index contributed by atoms with van der Waals surface area (Å²) in [6.07, 6.45) is 1.66. The first-order valence-corrected chi connectivity index (χ1v) is 8.39. The van der Waals surface area contributed by atoms with E-state index in [4.69, 9.17) is 0 Å². The SMILES string of the molecule is CCn1c(C)csc1=NN=Cc1cc(Br)c(O)c(Br)c1. The minimum absolute atomic E-state index is 0.178. The summed E-state index contributed by atoms with van der Waals surface area (Å²) in [5.74, 6) is 0.178. The third-order valence-corrected chi connectivity index (χ3v) is 4.88. The molecule has 106 valence electrons. The number of thiazole rings is 1. The van der Waals surface area contributed by atoms with E-state index in [9.17, 15) is 5.11 Å². The zero-order chi connectivity index (χ0) is 14.7. The molecule has 7 heteroatoms. The first-order valence-electron chi connectivity index (χ1n) is 5.93. The van der Waals surface area contributed by atoms with Gasteiger partial charge >= 0.3 is 0 Å². The lowest BCUT2D eigenvalue weighted by atomic mass is 10.2. The van der Waals surface area contributed by atoms with Gasteiger partial charge in [-0.2, -0.15) is 5.10 Å². The fourth-order valence-corrected chi connectivity index (χ4v) is 3.80. The number of aromatic hydroxyl groups is 1. The fourth-order valence-electron chi connectivity index (χ4n) is 1.68. The molecular weight excluding hydrogens is 406 g/mol. The molecule has 0 aliphatic heterocycles. The van der Waals surface area contributed by atoms with Crippen molar-refractivity contribution in [3.63, 3.8) is 0 Å². The van der Waals surface area contributed by atoms with Crippen molar-refractivity contribution in [1.82, 2.24) is 4.57 Å². The van der Waals surface area contributed by atoms with Gasteiger partial charge in [-0.3, -0.25) is 0 Å². The number of phenolic OH excluding ortho intramolecular Hbond substituents is 1. The smallest absolute Gasteiger partial charge is 0.210 e. The Bertz CT molecular complexity index is 696. The Morgan fingerprint density at radius 3 is 2.60 bits per heavy atom. The van der Waals surface area contributed by atoms with Gasteiger partial charge in [0.05, 0.1) is 15.2 Å². The van der Waals surface area contributed by atoms with Crippen molar-refractivity contribution in [2.45, 2.75) is 20.4 Å². The fraction of sp³-hybridized carbons (Fsp3) is 0.231. The lowest BCUT2D eigenvalue weighted by molar-refractivity contribution is 0.468. The number of halogens is 2. The molecule has 4 nitrogen and oxygen atoms in total. The molecule has 0 atom stereocenters. The van der Waals surface area contributed by atoms with Crippen LogP contribution in [-0.2, 0) is 6.54 Å². The van der Waals surface area contributed by atoms with Crippen molar-refractivity contribution in [3.05, 3.63) is 42.5 Å². The lowest BCUT2D eigenvalue weighted by Gasteiger charge is -2.01. The number of phenols is 1. The van der Waals surface area contributed by atoms with E-state index in [1.54, 1.807) is 29.7 Å². The Morgan fingerprint density at radius 1 is 1.35 bits per heavy atom. The molecule has 0 saturated heterocycles. The van der Waals surface area contributed by atoms with Crippen LogP contribution in [0.25, 0.3) is 0 Å². The molecule has 0 saturated carbocycles. The number of hydrogen-bond donors (Lipinski definition) is 1. The van der Waals surface area contributed by atoms with E-state index in [0.29, 0.717) is 8.95 Å². The van der Waals surface area contributed by atoms with Crippen LogP contribution in [0.15, 0.2) is 36.7 Å². The second-order valence-electron chi connectivity index (χ2n) is 4.08. The van der Waals surface area contributed by atoms with Crippen LogP contribution >= 0.6 is 43.2 Å². The molecule has 0 aliphatic rings. The topological polar surface area (TPSA) is 49.9 Å². The summed E-state index contributed by atoms with van der Waals surface area (Å²) >= 11 is 8.14. The summed E-state index contributed by atoms with van der Waals surface area (Å²) < 4.78 is 3.33. The molecule has 0 unspecified atom stereocenters. The molecule has 0 spiro atoms. The molecule has 0 amide bonds. The van der Waals surface area contributed by atoms with Crippen molar-refractivity contribution < 1.29 is 5.11 Å². The predicted molar refractivity (Wildman–Crippen MR) is 89.4 cm³/mol. The second kappa shape index (κ2) is 6.69. The van der Waals surface area contributed by atoms with Gasteiger partial charge in [0.2, 0.25) is 4.80 Å². The van der Waals surface area contributed by atoms with Crippen LogP contribution in [-0.4, -0.2) is 15.9 Å². The minimum Gasteiger partial charge on any atom is -0.506 e. The van der Waals surface area contributed by atoms with Gasteiger partial charge in [0.1, 0.15) is 5.75 Å². The lowest BCUT2D eigenvalue weighted by Crippen LogP contribution is -2.14. The third-order valence-electron chi connectivity index (χ3n) is 2.70. The van der Waals surface area contributed by atoms with Crippen LogP contribution in [0.4, 0.5) is 0 Å². The largest absolute Gasteiger partial charge is 0.506 e. The standard InChI is InChI=1S/C13H13Br2N3OS/c1-3-18-8(2)7-20-13(18)17-16-6-9-4-10(14)12(19)11(15)5-9/h4-7,19H,3H2,1-2H3. The van der Waals surface area contributed by atoms with Crippen LogP contribution in [0.2, 0.25) is 0 Å². The number of aryl methyl sites for hydroxylation is 1. The molecule has 2 rings (SSSR count). The quantitative estimate of drug-likeness (QED) is 0.593. The number of benzene rings is 1. The predicted octanol–water partition coefficient (Wildman–Crippen LogP) is 4.04. The van der Waals surface area contributed by atoms with Crippen LogP contribution in [0.3, 0.4) is 0 Å². The minimum atomic E-state index is 0.178. The van der Waals surface area contributed by atoms with Gasteiger partial charge in [-0.05, 0) is 63.4 Å². The molecule has 2 aromatic rings. The van der Waals surface area contributed by atoms with Crippen LogP contribution < -0.4 is 4.80 Å². The number of nitrogens with zero attached hydrogens (tertiary/aromatic N) is 3. The second-order valence-corrected chi connectivity index (χ2v) is 6.63. The zero-order valence-electron chi connectivity index (χ0n) is 11.0. The van der Waals surface area contributed by atoms with E-state index >= 15 is 0 Å².